The van der Waals surface area contributed by atoms with Gasteiger partial charge in [0.25, 0.3) is 0 Å². The lowest BCUT2D eigenvalue weighted by molar-refractivity contribution is -0.118. The maximum absolute atomic E-state index is 13.4. The number of benzene rings is 1. The second-order valence-electron chi connectivity index (χ2n) is 4.25. The molecule has 0 aromatic heterocycles. The standard InChI is InChI=1S/C13H14FN3O2/c14-11-3-1-2-4-12(11)16-13(18)9-17-5-6-19-10(7-15)8-17/h1-4,10H,5-6,8-9H2,(H,16,18). The predicted octanol–water partition coefficient (Wildman–Crippen LogP) is 0.989. The molecule has 1 atom stereocenters. The first-order chi connectivity index (χ1) is 9.19. The van der Waals surface area contributed by atoms with E-state index in [9.17, 15) is 9.18 Å². The maximum Gasteiger partial charge on any atom is 0.238 e. The molecule has 1 heterocycles. The lowest BCUT2D eigenvalue weighted by atomic mass is 10.2. The van der Waals surface area contributed by atoms with E-state index in [-0.39, 0.29) is 18.1 Å². The van der Waals surface area contributed by atoms with E-state index >= 15 is 0 Å². The number of hydrogen-bond donors (Lipinski definition) is 1. The third kappa shape index (κ3) is 3.74. The van der Waals surface area contributed by atoms with E-state index in [4.69, 9.17) is 10.00 Å². The zero-order valence-corrected chi connectivity index (χ0v) is 10.3. The van der Waals surface area contributed by atoms with Crippen LogP contribution in [0.4, 0.5) is 10.1 Å². The van der Waals surface area contributed by atoms with Crippen LogP contribution in [0.2, 0.25) is 0 Å². The number of halogens is 1. The van der Waals surface area contributed by atoms with Crippen LogP contribution in [-0.2, 0) is 9.53 Å². The first-order valence-electron chi connectivity index (χ1n) is 5.97. The lowest BCUT2D eigenvalue weighted by Crippen LogP contribution is -2.45. The summed E-state index contributed by atoms with van der Waals surface area (Å²) in [6, 6.07) is 8.01. The van der Waals surface area contributed by atoms with Gasteiger partial charge >= 0.3 is 0 Å². The number of nitrogens with one attached hydrogen (secondary N) is 1. The molecule has 1 aliphatic heterocycles. The highest BCUT2D eigenvalue weighted by atomic mass is 19.1. The molecule has 1 aromatic rings. The highest BCUT2D eigenvalue weighted by molar-refractivity contribution is 5.92. The number of hydrogen-bond acceptors (Lipinski definition) is 4. The Kier molecular flexibility index (Phi) is 4.44. The van der Waals surface area contributed by atoms with Crippen molar-refractivity contribution >= 4 is 11.6 Å². The molecule has 1 unspecified atom stereocenters. The second kappa shape index (κ2) is 6.27. The van der Waals surface area contributed by atoms with Gasteiger partial charge in [0, 0.05) is 13.1 Å². The fourth-order valence-corrected chi connectivity index (χ4v) is 1.88. The number of carbonyl (C=O) groups excluding carboxylic acids is 1. The molecule has 0 spiro atoms. The summed E-state index contributed by atoms with van der Waals surface area (Å²) in [4.78, 5) is 13.6. The van der Waals surface area contributed by atoms with Crippen LogP contribution >= 0.6 is 0 Å². The molecular formula is C13H14FN3O2. The summed E-state index contributed by atoms with van der Waals surface area (Å²) >= 11 is 0. The highest BCUT2D eigenvalue weighted by Crippen LogP contribution is 2.12. The quantitative estimate of drug-likeness (QED) is 0.883. The van der Waals surface area contributed by atoms with Crippen molar-refractivity contribution < 1.29 is 13.9 Å². The number of amides is 1. The molecule has 6 heteroatoms. The van der Waals surface area contributed by atoms with Gasteiger partial charge in [-0.3, -0.25) is 9.69 Å². The van der Waals surface area contributed by atoms with Gasteiger partial charge in [-0.05, 0) is 12.1 Å². The zero-order chi connectivity index (χ0) is 13.7. The topological polar surface area (TPSA) is 65.4 Å². The molecule has 1 aliphatic rings. The first-order valence-corrected chi connectivity index (χ1v) is 5.97. The van der Waals surface area contributed by atoms with Gasteiger partial charge in [-0.25, -0.2) is 4.39 Å². The Morgan fingerprint density at radius 2 is 2.37 bits per heavy atom. The average molecular weight is 263 g/mol. The van der Waals surface area contributed by atoms with Crippen LogP contribution in [-0.4, -0.2) is 43.2 Å². The van der Waals surface area contributed by atoms with Crippen molar-refractivity contribution in [2.75, 3.05) is 31.6 Å². The molecule has 1 saturated heterocycles. The van der Waals surface area contributed by atoms with Crippen LogP contribution < -0.4 is 5.32 Å². The van der Waals surface area contributed by atoms with Crippen LogP contribution in [0, 0.1) is 17.1 Å². The molecule has 2 rings (SSSR count). The normalized spacial score (nSPS) is 19.7. The van der Waals surface area contributed by atoms with Crippen molar-refractivity contribution in [1.29, 1.82) is 5.26 Å². The smallest absolute Gasteiger partial charge is 0.238 e. The van der Waals surface area contributed by atoms with Crippen molar-refractivity contribution in [3.63, 3.8) is 0 Å². The number of para-hydroxylation sites is 1. The van der Waals surface area contributed by atoms with Crippen LogP contribution in [0.15, 0.2) is 24.3 Å². The summed E-state index contributed by atoms with van der Waals surface area (Å²) in [6.45, 7) is 1.52. The Hall–Kier alpha value is -1.97. The van der Waals surface area contributed by atoms with Crippen molar-refractivity contribution in [1.82, 2.24) is 4.90 Å². The molecule has 0 aliphatic carbocycles. The molecule has 0 radical (unpaired) electrons. The highest BCUT2D eigenvalue weighted by Gasteiger charge is 2.21. The van der Waals surface area contributed by atoms with Gasteiger partial charge in [0.05, 0.1) is 24.9 Å². The SMILES string of the molecule is N#CC1CN(CC(=O)Nc2ccccc2F)CCO1. The van der Waals surface area contributed by atoms with E-state index in [0.717, 1.165) is 0 Å². The number of anilines is 1. The molecule has 1 N–H and O–H groups in total. The molecular weight excluding hydrogens is 249 g/mol. The Morgan fingerprint density at radius 1 is 1.58 bits per heavy atom. The Bertz CT molecular complexity index is 501. The maximum atomic E-state index is 13.4. The van der Waals surface area contributed by atoms with Gasteiger partial charge in [-0.2, -0.15) is 5.26 Å². The van der Waals surface area contributed by atoms with Crippen molar-refractivity contribution in [2.45, 2.75) is 6.10 Å². The van der Waals surface area contributed by atoms with Gasteiger partial charge in [0.15, 0.2) is 6.10 Å². The van der Waals surface area contributed by atoms with Crippen LogP contribution in [0.1, 0.15) is 0 Å². The molecule has 1 fully saturated rings. The molecule has 1 amide bonds. The van der Waals surface area contributed by atoms with Crippen molar-refractivity contribution in [3.8, 4) is 6.07 Å². The summed E-state index contributed by atoms with van der Waals surface area (Å²) in [5, 5.41) is 11.3. The minimum absolute atomic E-state index is 0.121. The monoisotopic (exact) mass is 263 g/mol. The molecule has 5 nitrogen and oxygen atoms in total. The Balaban J connectivity index is 1.88. The minimum atomic E-state index is -0.505. The summed E-state index contributed by atoms with van der Waals surface area (Å²) in [5.41, 5.74) is 0.164. The van der Waals surface area contributed by atoms with Gasteiger partial charge in [0.2, 0.25) is 5.91 Å². The van der Waals surface area contributed by atoms with Crippen LogP contribution in [0.25, 0.3) is 0 Å². The number of rotatable bonds is 3. The molecule has 19 heavy (non-hydrogen) atoms. The van der Waals surface area contributed by atoms with E-state index in [1.807, 2.05) is 11.0 Å². The number of morpholine rings is 1. The largest absolute Gasteiger partial charge is 0.361 e. The third-order valence-electron chi connectivity index (χ3n) is 2.81. The average Bonchev–Trinajstić information content (AvgIpc) is 2.41. The second-order valence-corrected chi connectivity index (χ2v) is 4.25. The molecule has 0 saturated carbocycles. The van der Waals surface area contributed by atoms with Crippen molar-refractivity contribution in [2.24, 2.45) is 0 Å². The predicted molar refractivity (Wildman–Crippen MR) is 66.8 cm³/mol. The Labute approximate surface area is 110 Å². The fourth-order valence-electron chi connectivity index (χ4n) is 1.88. The number of ether oxygens (including phenoxy) is 1. The van der Waals surface area contributed by atoms with Gasteiger partial charge in [0.1, 0.15) is 5.82 Å². The number of nitriles is 1. The van der Waals surface area contributed by atoms with Crippen molar-refractivity contribution in [3.05, 3.63) is 30.1 Å². The number of carbonyl (C=O) groups is 1. The molecule has 0 bridgehead atoms. The number of nitrogens with zero attached hydrogens (tertiary/aromatic N) is 2. The van der Waals surface area contributed by atoms with Crippen LogP contribution in [0.5, 0.6) is 0 Å². The summed E-state index contributed by atoms with van der Waals surface area (Å²) < 4.78 is 18.5. The van der Waals surface area contributed by atoms with Crippen LogP contribution in [0.3, 0.4) is 0 Å². The summed E-state index contributed by atoms with van der Waals surface area (Å²) in [5.74, 6) is -0.767. The fraction of sp³-hybridized carbons (Fsp3) is 0.385. The first kappa shape index (κ1) is 13.5. The summed E-state index contributed by atoms with van der Waals surface area (Å²) in [7, 11) is 0. The van der Waals surface area contributed by atoms with E-state index in [1.54, 1.807) is 12.1 Å². The lowest BCUT2D eigenvalue weighted by Gasteiger charge is -2.28. The van der Waals surface area contributed by atoms with E-state index in [1.165, 1.54) is 12.1 Å². The van der Waals surface area contributed by atoms with E-state index in [2.05, 4.69) is 5.32 Å². The minimum Gasteiger partial charge on any atom is -0.361 e. The van der Waals surface area contributed by atoms with Gasteiger partial charge in [-0.15, -0.1) is 0 Å². The zero-order valence-electron chi connectivity index (χ0n) is 10.3. The van der Waals surface area contributed by atoms with Gasteiger partial charge < -0.3 is 10.1 Å². The molecule has 1 aromatic carbocycles. The van der Waals surface area contributed by atoms with Gasteiger partial charge in [-0.1, -0.05) is 12.1 Å². The Morgan fingerprint density at radius 3 is 3.11 bits per heavy atom. The van der Waals surface area contributed by atoms with E-state index < -0.39 is 11.9 Å². The summed E-state index contributed by atoms with van der Waals surface area (Å²) in [6.07, 6.45) is -0.505. The third-order valence-corrected chi connectivity index (χ3v) is 2.81. The van der Waals surface area contributed by atoms with E-state index in [0.29, 0.717) is 19.7 Å². The molecule has 100 valence electrons.